The summed E-state index contributed by atoms with van der Waals surface area (Å²) in [6.07, 6.45) is -0.548. The van der Waals surface area contributed by atoms with Crippen LogP contribution < -0.4 is 10.6 Å². The largest absolute Gasteiger partial charge is 0.444 e. The van der Waals surface area contributed by atoms with Crippen LogP contribution in [0.5, 0.6) is 0 Å². The van der Waals surface area contributed by atoms with Gasteiger partial charge in [-0.2, -0.15) is 0 Å². The lowest BCUT2D eigenvalue weighted by molar-refractivity contribution is 0.0460. The number of sulfone groups is 1. The smallest absolute Gasteiger partial charge is 0.408 e. The molecule has 2 rings (SSSR count). The third-order valence-corrected chi connectivity index (χ3v) is 5.16. The lowest BCUT2D eigenvalue weighted by Crippen LogP contribution is -2.55. The van der Waals surface area contributed by atoms with Gasteiger partial charge in [-0.05, 0) is 20.8 Å². The van der Waals surface area contributed by atoms with Crippen molar-refractivity contribution in [3.63, 3.8) is 0 Å². The Balaban J connectivity index is 2.10. The molecule has 2 N–H and O–H groups in total. The highest BCUT2D eigenvalue weighted by Crippen LogP contribution is 2.32. The maximum Gasteiger partial charge on any atom is 0.408 e. The van der Waals surface area contributed by atoms with Crippen molar-refractivity contribution in [3.8, 4) is 0 Å². The molecule has 2 aliphatic heterocycles. The molecule has 104 valence electrons. The topological polar surface area (TPSA) is 84.5 Å². The van der Waals surface area contributed by atoms with E-state index in [9.17, 15) is 13.2 Å². The molecule has 0 spiro atoms. The maximum atomic E-state index is 11.8. The summed E-state index contributed by atoms with van der Waals surface area (Å²) in [7, 11) is -3.06. The van der Waals surface area contributed by atoms with E-state index < -0.39 is 27.1 Å². The fraction of sp³-hybridized carbons (Fsp3) is 0.909. The van der Waals surface area contributed by atoms with Crippen LogP contribution in [0.1, 0.15) is 20.8 Å². The van der Waals surface area contributed by atoms with Crippen molar-refractivity contribution < 1.29 is 17.9 Å². The number of alkyl carbamates (subject to hydrolysis) is 1. The van der Waals surface area contributed by atoms with Crippen LogP contribution in [0.4, 0.5) is 4.79 Å². The average molecular weight is 276 g/mol. The van der Waals surface area contributed by atoms with Crippen molar-refractivity contribution in [1.29, 1.82) is 0 Å². The predicted molar refractivity (Wildman–Crippen MR) is 67.1 cm³/mol. The molecule has 2 saturated heterocycles. The Bertz CT molecular complexity index is 454. The van der Waals surface area contributed by atoms with Crippen LogP contribution >= 0.6 is 0 Å². The molecule has 0 saturated carbocycles. The highest BCUT2D eigenvalue weighted by Gasteiger charge is 2.54. The zero-order valence-corrected chi connectivity index (χ0v) is 11.8. The lowest BCUT2D eigenvalue weighted by Gasteiger charge is -2.30. The fourth-order valence-electron chi connectivity index (χ4n) is 2.64. The Kier molecular flexibility index (Phi) is 3.09. The Morgan fingerprint density at radius 1 is 1.44 bits per heavy atom. The summed E-state index contributed by atoms with van der Waals surface area (Å²) in [5.74, 6) is 0.0715. The number of nitrogens with one attached hydrogen (secondary N) is 2. The van der Waals surface area contributed by atoms with Crippen LogP contribution in [-0.4, -0.2) is 50.2 Å². The quantitative estimate of drug-likeness (QED) is 0.698. The summed E-state index contributed by atoms with van der Waals surface area (Å²) in [6.45, 7) is 6.44. The Morgan fingerprint density at radius 3 is 2.72 bits per heavy atom. The molecular formula is C11H20N2O4S. The van der Waals surface area contributed by atoms with Gasteiger partial charge in [-0.1, -0.05) is 0 Å². The van der Waals surface area contributed by atoms with Crippen molar-refractivity contribution in [2.45, 2.75) is 31.9 Å². The van der Waals surface area contributed by atoms with Gasteiger partial charge in [0.25, 0.3) is 0 Å². The van der Waals surface area contributed by atoms with E-state index in [-0.39, 0.29) is 17.4 Å². The first-order valence-electron chi connectivity index (χ1n) is 6.04. The SMILES string of the molecule is CC(C)(C)OC(=O)N[C@]12CNC[C@H]1CS(=O)(=O)C2. The molecule has 2 heterocycles. The fourth-order valence-corrected chi connectivity index (χ4v) is 5.01. The van der Waals surface area contributed by atoms with E-state index in [1.54, 1.807) is 20.8 Å². The summed E-state index contributed by atoms with van der Waals surface area (Å²) in [5, 5.41) is 5.90. The molecule has 6 nitrogen and oxygen atoms in total. The predicted octanol–water partition coefficient (Wildman–Crippen LogP) is -0.102. The third kappa shape index (κ3) is 2.77. The van der Waals surface area contributed by atoms with Crippen LogP contribution in [0.25, 0.3) is 0 Å². The number of hydrogen-bond acceptors (Lipinski definition) is 5. The Labute approximate surface area is 107 Å². The van der Waals surface area contributed by atoms with Crippen LogP contribution in [0.2, 0.25) is 0 Å². The zero-order valence-electron chi connectivity index (χ0n) is 10.9. The van der Waals surface area contributed by atoms with Crippen molar-refractivity contribution in [2.24, 2.45) is 5.92 Å². The maximum absolute atomic E-state index is 11.8. The first-order valence-corrected chi connectivity index (χ1v) is 7.86. The van der Waals surface area contributed by atoms with Gasteiger partial charge in [0.1, 0.15) is 5.60 Å². The highest BCUT2D eigenvalue weighted by atomic mass is 32.2. The number of rotatable bonds is 1. The first kappa shape index (κ1) is 13.6. The molecule has 2 aliphatic rings. The normalized spacial score (nSPS) is 34.1. The van der Waals surface area contributed by atoms with Crippen LogP contribution in [0.3, 0.4) is 0 Å². The van der Waals surface area contributed by atoms with Gasteiger partial charge in [0.15, 0.2) is 9.84 Å². The van der Waals surface area contributed by atoms with E-state index >= 15 is 0 Å². The minimum Gasteiger partial charge on any atom is -0.444 e. The molecule has 7 heteroatoms. The van der Waals surface area contributed by atoms with Crippen LogP contribution in [0, 0.1) is 5.92 Å². The molecule has 18 heavy (non-hydrogen) atoms. The summed E-state index contributed by atoms with van der Waals surface area (Å²) in [4.78, 5) is 11.8. The van der Waals surface area contributed by atoms with Crippen molar-refractivity contribution in [2.75, 3.05) is 24.6 Å². The van der Waals surface area contributed by atoms with Crippen LogP contribution in [0.15, 0.2) is 0 Å². The standard InChI is InChI=1S/C11H20N2O4S/c1-10(2,3)17-9(14)13-11-6-12-4-8(11)5-18(15,16)7-11/h8,12H,4-7H2,1-3H3,(H,13,14)/t8-,11-/m0/s1. The van der Waals surface area contributed by atoms with Crippen LogP contribution in [-0.2, 0) is 14.6 Å². The van der Waals surface area contributed by atoms with Crippen molar-refractivity contribution >= 4 is 15.9 Å². The second-order valence-electron chi connectivity index (χ2n) is 6.17. The summed E-state index contributed by atoms with van der Waals surface area (Å²) < 4.78 is 28.6. The molecule has 0 aromatic carbocycles. The number of fused-ring (bicyclic) bond motifs is 1. The number of hydrogen-bond donors (Lipinski definition) is 2. The summed E-state index contributed by atoms with van der Waals surface area (Å²) in [6, 6.07) is 0. The molecule has 0 radical (unpaired) electrons. The van der Waals surface area contributed by atoms with Gasteiger partial charge in [0.05, 0.1) is 17.0 Å². The van der Waals surface area contributed by atoms with Gasteiger partial charge in [-0.3, -0.25) is 0 Å². The molecule has 0 aromatic heterocycles. The van der Waals surface area contributed by atoms with E-state index in [4.69, 9.17) is 4.74 Å². The molecule has 0 aromatic rings. The second kappa shape index (κ2) is 4.09. The molecule has 1 amide bonds. The summed E-state index contributed by atoms with van der Waals surface area (Å²) in [5.41, 5.74) is -1.28. The van der Waals surface area contributed by atoms with E-state index in [0.717, 1.165) is 0 Å². The lowest BCUT2D eigenvalue weighted by atomic mass is 9.91. The van der Waals surface area contributed by atoms with Gasteiger partial charge >= 0.3 is 6.09 Å². The number of carbonyl (C=O) groups is 1. The van der Waals surface area contributed by atoms with Gasteiger partial charge < -0.3 is 15.4 Å². The van der Waals surface area contributed by atoms with E-state index in [0.29, 0.717) is 13.1 Å². The average Bonchev–Trinajstić information content (AvgIpc) is 2.51. The molecule has 2 fully saturated rings. The minimum absolute atomic E-state index is 0.00307. The van der Waals surface area contributed by atoms with E-state index in [1.165, 1.54) is 0 Å². The monoisotopic (exact) mass is 276 g/mol. The zero-order chi connectivity index (χ0) is 13.6. The third-order valence-electron chi connectivity index (χ3n) is 3.30. The Morgan fingerprint density at radius 2 is 2.11 bits per heavy atom. The number of ether oxygens (including phenoxy) is 1. The van der Waals surface area contributed by atoms with E-state index in [2.05, 4.69) is 10.6 Å². The summed E-state index contributed by atoms with van der Waals surface area (Å²) >= 11 is 0. The van der Waals surface area contributed by atoms with Crippen molar-refractivity contribution in [1.82, 2.24) is 10.6 Å². The minimum atomic E-state index is -3.06. The number of carbonyl (C=O) groups excluding carboxylic acids is 1. The molecule has 0 unspecified atom stereocenters. The van der Waals surface area contributed by atoms with Gasteiger partial charge in [-0.25, -0.2) is 13.2 Å². The Hall–Kier alpha value is -0.820. The van der Waals surface area contributed by atoms with Gasteiger partial charge in [0.2, 0.25) is 0 Å². The van der Waals surface area contributed by atoms with Crippen molar-refractivity contribution in [3.05, 3.63) is 0 Å². The molecule has 2 atom stereocenters. The molecule has 0 aliphatic carbocycles. The second-order valence-corrected chi connectivity index (χ2v) is 8.27. The highest BCUT2D eigenvalue weighted by molar-refractivity contribution is 7.91. The van der Waals surface area contributed by atoms with Gasteiger partial charge in [0, 0.05) is 19.0 Å². The first-order chi connectivity index (χ1) is 8.12. The number of amides is 1. The molecule has 0 bridgehead atoms. The molecular weight excluding hydrogens is 256 g/mol. The van der Waals surface area contributed by atoms with Gasteiger partial charge in [-0.15, -0.1) is 0 Å². The van der Waals surface area contributed by atoms with E-state index in [1.807, 2.05) is 0 Å².